The zero-order valence-corrected chi connectivity index (χ0v) is 12.9. The highest BCUT2D eigenvalue weighted by Gasteiger charge is 2.07. The number of nitrogens with one attached hydrogen (secondary N) is 2. The highest BCUT2D eigenvalue weighted by molar-refractivity contribution is 5.28. The molecule has 5 nitrogen and oxygen atoms in total. The number of aromatic nitrogens is 4. The molecule has 110 valence electrons. The van der Waals surface area contributed by atoms with Gasteiger partial charge in [0.15, 0.2) is 0 Å². The number of H-pyrrole nitrogens is 1. The van der Waals surface area contributed by atoms with Crippen molar-refractivity contribution in [3.8, 4) is 0 Å². The second kappa shape index (κ2) is 6.59. The lowest BCUT2D eigenvalue weighted by molar-refractivity contribution is 0.526. The Morgan fingerprint density at radius 3 is 2.80 bits per heavy atom. The molecule has 0 amide bonds. The topological polar surface area (TPSA) is 58.5 Å². The van der Waals surface area contributed by atoms with Crippen molar-refractivity contribution in [3.05, 3.63) is 29.3 Å². The summed E-state index contributed by atoms with van der Waals surface area (Å²) in [5.41, 5.74) is 3.54. The summed E-state index contributed by atoms with van der Waals surface area (Å²) < 4.78 is 2.21. The van der Waals surface area contributed by atoms with Crippen LogP contribution in [-0.2, 0) is 13.0 Å². The predicted molar refractivity (Wildman–Crippen MR) is 81.9 cm³/mol. The molecule has 2 rings (SSSR count). The minimum absolute atomic E-state index is 0.623. The molecule has 2 heterocycles. The van der Waals surface area contributed by atoms with Crippen LogP contribution < -0.4 is 5.32 Å². The van der Waals surface area contributed by atoms with E-state index in [9.17, 15) is 0 Å². The molecule has 0 fully saturated rings. The van der Waals surface area contributed by atoms with Gasteiger partial charge in [-0.1, -0.05) is 13.8 Å². The van der Waals surface area contributed by atoms with Crippen LogP contribution in [0, 0.1) is 19.8 Å². The van der Waals surface area contributed by atoms with E-state index in [0.717, 1.165) is 37.6 Å². The molecule has 2 N–H and O–H groups in total. The summed E-state index contributed by atoms with van der Waals surface area (Å²) in [4.78, 5) is 4.55. The second-order valence-corrected chi connectivity index (χ2v) is 5.80. The molecule has 0 atom stereocenters. The largest absolute Gasteiger partial charge is 0.356 e. The van der Waals surface area contributed by atoms with E-state index in [1.807, 2.05) is 13.1 Å². The number of nitrogens with zero attached hydrogens (tertiary/aromatic N) is 3. The third-order valence-corrected chi connectivity index (χ3v) is 3.30. The lowest BCUT2D eigenvalue weighted by Crippen LogP contribution is -2.11. The number of hydrogen-bond donors (Lipinski definition) is 2. The quantitative estimate of drug-likeness (QED) is 0.764. The predicted octanol–water partition coefficient (Wildman–Crippen LogP) is 2.92. The standard InChI is InChI=1S/C15H25N5/c1-11(2)9-20-10-12(3)18-15(20)16-7-5-6-14-8-17-19-13(14)4/h8,10-11H,5-7,9H2,1-4H3,(H,16,18)(H,17,19). The molecule has 2 aromatic rings. The van der Waals surface area contributed by atoms with Crippen molar-refractivity contribution in [2.45, 2.75) is 47.1 Å². The van der Waals surface area contributed by atoms with Crippen LogP contribution in [0.5, 0.6) is 0 Å². The van der Waals surface area contributed by atoms with Crippen molar-refractivity contribution in [2.75, 3.05) is 11.9 Å². The molecular formula is C15H25N5. The molecule has 0 aliphatic rings. The van der Waals surface area contributed by atoms with Crippen molar-refractivity contribution in [3.63, 3.8) is 0 Å². The molecule has 0 spiro atoms. The van der Waals surface area contributed by atoms with Gasteiger partial charge in [0.1, 0.15) is 0 Å². The van der Waals surface area contributed by atoms with Gasteiger partial charge in [-0.05, 0) is 38.2 Å². The van der Waals surface area contributed by atoms with Gasteiger partial charge in [-0.2, -0.15) is 5.10 Å². The molecular weight excluding hydrogens is 250 g/mol. The van der Waals surface area contributed by atoms with Gasteiger partial charge in [-0.15, -0.1) is 0 Å². The minimum atomic E-state index is 0.623. The van der Waals surface area contributed by atoms with Crippen molar-refractivity contribution < 1.29 is 0 Å². The smallest absolute Gasteiger partial charge is 0.203 e. The summed E-state index contributed by atoms with van der Waals surface area (Å²) >= 11 is 0. The maximum Gasteiger partial charge on any atom is 0.203 e. The first-order valence-electron chi connectivity index (χ1n) is 7.32. The summed E-state index contributed by atoms with van der Waals surface area (Å²) in [6.45, 7) is 10.5. The van der Waals surface area contributed by atoms with E-state index in [4.69, 9.17) is 0 Å². The summed E-state index contributed by atoms with van der Waals surface area (Å²) in [5, 5.41) is 10.5. The van der Waals surface area contributed by atoms with Crippen molar-refractivity contribution in [2.24, 2.45) is 5.92 Å². The maximum atomic E-state index is 4.55. The zero-order chi connectivity index (χ0) is 14.5. The maximum absolute atomic E-state index is 4.55. The van der Waals surface area contributed by atoms with Crippen LogP contribution in [0.2, 0.25) is 0 Å². The summed E-state index contributed by atoms with van der Waals surface area (Å²) in [6, 6.07) is 0. The van der Waals surface area contributed by atoms with Gasteiger partial charge in [0.2, 0.25) is 5.95 Å². The minimum Gasteiger partial charge on any atom is -0.356 e. The molecule has 0 saturated heterocycles. The molecule has 0 saturated carbocycles. The van der Waals surface area contributed by atoms with Crippen LogP contribution in [0.25, 0.3) is 0 Å². The molecule has 0 aromatic carbocycles. The number of aromatic amines is 1. The van der Waals surface area contributed by atoms with Crippen molar-refractivity contribution >= 4 is 5.95 Å². The lowest BCUT2D eigenvalue weighted by Gasteiger charge is -2.11. The summed E-state index contributed by atoms with van der Waals surface area (Å²) in [5.74, 6) is 1.61. The van der Waals surface area contributed by atoms with Crippen molar-refractivity contribution in [1.29, 1.82) is 0 Å². The monoisotopic (exact) mass is 275 g/mol. The van der Waals surface area contributed by atoms with Crippen LogP contribution >= 0.6 is 0 Å². The number of aryl methyl sites for hydroxylation is 3. The first-order chi connectivity index (χ1) is 9.56. The van der Waals surface area contributed by atoms with Crippen LogP contribution in [-0.4, -0.2) is 26.3 Å². The van der Waals surface area contributed by atoms with Crippen molar-refractivity contribution in [1.82, 2.24) is 19.7 Å². The molecule has 0 radical (unpaired) electrons. The van der Waals surface area contributed by atoms with Gasteiger partial charge in [0.05, 0.1) is 11.9 Å². The average Bonchev–Trinajstić information content (AvgIpc) is 2.91. The van der Waals surface area contributed by atoms with Gasteiger partial charge in [-0.25, -0.2) is 4.98 Å². The fraction of sp³-hybridized carbons (Fsp3) is 0.600. The Kier molecular flexibility index (Phi) is 4.82. The fourth-order valence-corrected chi connectivity index (χ4v) is 2.33. The first-order valence-corrected chi connectivity index (χ1v) is 7.32. The molecule has 0 aliphatic carbocycles. The number of rotatable bonds is 7. The van der Waals surface area contributed by atoms with Gasteiger partial charge < -0.3 is 9.88 Å². The van der Waals surface area contributed by atoms with E-state index in [2.05, 4.69) is 52.0 Å². The number of hydrogen-bond acceptors (Lipinski definition) is 3. The first kappa shape index (κ1) is 14.6. The molecule has 0 unspecified atom stereocenters. The van der Waals surface area contributed by atoms with E-state index in [-0.39, 0.29) is 0 Å². The highest BCUT2D eigenvalue weighted by atomic mass is 15.2. The Morgan fingerprint density at radius 1 is 1.35 bits per heavy atom. The molecule has 0 aliphatic heterocycles. The molecule has 2 aromatic heterocycles. The average molecular weight is 275 g/mol. The zero-order valence-electron chi connectivity index (χ0n) is 12.9. The Morgan fingerprint density at radius 2 is 2.15 bits per heavy atom. The number of imidazole rings is 1. The summed E-state index contributed by atoms with van der Waals surface area (Å²) in [6.07, 6.45) is 6.15. The third kappa shape index (κ3) is 3.85. The number of anilines is 1. The van der Waals surface area contributed by atoms with Gasteiger partial charge >= 0.3 is 0 Å². The molecule has 20 heavy (non-hydrogen) atoms. The molecule has 0 bridgehead atoms. The van der Waals surface area contributed by atoms with E-state index < -0.39 is 0 Å². The van der Waals surface area contributed by atoms with Gasteiger partial charge in [-0.3, -0.25) is 5.10 Å². The van der Waals surface area contributed by atoms with Crippen LogP contribution in [0.4, 0.5) is 5.95 Å². The van der Waals surface area contributed by atoms with E-state index in [1.54, 1.807) is 0 Å². The second-order valence-electron chi connectivity index (χ2n) is 5.80. The third-order valence-electron chi connectivity index (χ3n) is 3.30. The Balaban J connectivity index is 1.83. The normalized spacial score (nSPS) is 11.2. The SMILES string of the molecule is Cc1cn(CC(C)C)c(NCCCc2cn[nH]c2C)n1. The Bertz CT molecular complexity index is 538. The summed E-state index contributed by atoms with van der Waals surface area (Å²) in [7, 11) is 0. The van der Waals surface area contributed by atoms with E-state index in [0.29, 0.717) is 5.92 Å². The Hall–Kier alpha value is -1.78. The fourth-order valence-electron chi connectivity index (χ4n) is 2.33. The lowest BCUT2D eigenvalue weighted by atomic mass is 10.1. The van der Waals surface area contributed by atoms with Crippen LogP contribution in [0.1, 0.15) is 37.2 Å². The van der Waals surface area contributed by atoms with E-state index >= 15 is 0 Å². The Labute approximate surface area is 120 Å². The van der Waals surface area contributed by atoms with Crippen LogP contribution in [0.3, 0.4) is 0 Å². The van der Waals surface area contributed by atoms with Gasteiger partial charge in [0, 0.05) is 25.0 Å². The van der Waals surface area contributed by atoms with E-state index in [1.165, 1.54) is 11.3 Å². The molecule has 5 heteroatoms. The van der Waals surface area contributed by atoms with Gasteiger partial charge in [0.25, 0.3) is 0 Å². The highest BCUT2D eigenvalue weighted by Crippen LogP contribution is 2.12. The van der Waals surface area contributed by atoms with Crippen LogP contribution in [0.15, 0.2) is 12.4 Å².